The van der Waals surface area contributed by atoms with Gasteiger partial charge in [-0.1, -0.05) is 236 Å². The van der Waals surface area contributed by atoms with Crippen molar-refractivity contribution in [3.63, 3.8) is 0 Å². The van der Waals surface area contributed by atoms with E-state index >= 15 is 0 Å². The van der Waals surface area contributed by atoms with E-state index in [1.54, 1.807) is 23.3 Å². The molecule has 0 saturated carbocycles. The van der Waals surface area contributed by atoms with E-state index in [1.165, 1.54) is 133 Å². The van der Waals surface area contributed by atoms with Crippen LogP contribution in [0.3, 0.4) is 0 Å². The average Bonchev–Trinajstić information content (AvgIpc) is 3.89. The van der Waals surface area contributed by atoms with Crippen LogP contribution in [0.5, 0.6) is 0 Å². The van der Waals surface area contributed by atoms with E-state index in [0.29, 0.717) is 0 Å². The second-order valence-electron chi connectivity index (χ2n) is 19.5. The minimum atomic E-state index is 0. The van der Waals surface area contributed by atoms with E-state index in [0.717, 1.165) is 12.8 Å². The first kappa shape index (κ1) is 54.0. The topological polar surface area (TPSA) is 0 Å². The van der Waals surface area contributed by atoms with Crippen LogP contribution in [0.1, 0.15) is 66.8 Å². The number of fused-ring (bicyclic) bond motifs is 2. The van der Waals surface area contributed by atoms with Crippen molar-refractivity contribution in [2.24, 2.45) is 0 Å². The molecule has 0 spiro atoms. The predicted molar refractivity (Wildman–Crippen MR) is 295 cm³/mol. The third-order valence-corrected chi connectivity index (χ3v) is 12.5. The molecule has 0 aliphatic heterocycles. The molecule has 352 valence electrons. The molecule has 0 heterocycles. The Balaban J connectivity index is 0.000000208. The molecule has 0 saturated heterocycles. The number of hydrogen-bond donors (Lipinski definition) is 0. The van der Waals surface area contributed by atoms with Crippen LogP contribution in [0.15, 0.2) is 182 Å². The third-order valence-electron chi connectivity index (χ3n) is 12.5. The SMILES string of the molecule is C[Si](C)=[Zr+2].Cc1cc(C)cc(-c2ccc(-c3cc(C)cc(C)c3)c3[cH-]c(Cc4ccccc4)cc23)c1.Cc1cc(C)cc(-c2ccc(-c3cc(C)cc(C)c3)c3[cH-]c(Cc4ccccc4)cc23)c1.[Cl-].[Cl-]. The fourth-order valence-electron chi connectivity index (χ4n) is 10.1. The van der Waals surface area contributed by atoms with Crippen molar-refractivity contribution in [3.05, 3.63) is 249 Å². The Morgan fingerprint density at radius 1 is 0.343 bits per heavy atom. The monoisotopic (exact) mass is 1040 g/mol. The maximum atomic E-state index is 2.40. The van der Waals surface area contributed by atoms with Gasteiger partial charge in [0, 0.05) is 0 Å². The fourth-order valence-corrected chi connectivity index (χ4v) is 10.1. The van der Waals surface area contributed by atoms with Crippen LogP contribution in [0.2, 0.25) is 13.1 Å². The molecule has 0 atom stereocenters. The zero-order valence-corrected chi connectivity index (χ0v) is 47.5. The molecule has 10 rings (SSSR count). The molecule has 0 fully saturated rings. The summed E-state index contributed by atoms with van der Waals surface area (Å²) in [6.07, 6.45) is 1.90. The summed E-state index contributed by atoms with van der Waals surface area (Å²) in [5.41, 5.74) is 26.6. The Kier molecular flexibility index (Phi) is 18.7. The zero-order valence-electron chi connectivity index (χ0n) is 42.5. The Morgan fingerprint density at radius 2 is 0.586 bits per heavy atom. The number of rotatable bonds is 8. The first-order valence-electron chi connectivity index (χ1n) is 24.0. The molecule has 70 heavy (non-hydrogen) atoms. The second kappa shape index (κ2) is 24.2. The van der Waals surface area contributed by atoms with E-state index in [4.69, 9.17) is 0 Å². The molecule has 0 nitrogen and oxygen atoms in total. The van der Waals surface area contributed by atoms with E-state index < -0.39 is 0 Å². The summed E-state index contributed by atoms with van der Waals surface area (Å²) in [7, 11) is 0. The summed E-state index contributed by atoms with van der Waals surface area (Å²) in [5.74, 6) is 0. The van der Waals surface area contributed by atoms with Crippen molar-refractivity contribution >= 4 is 27.0 Å². The number of aryl methyl sites for hydroxylation is 8. The van der Waals surface area contributed by atoms with Crippen molar-refractivity contribution in [1.29, 1.82) is 0 Å². The normalized spacial score (nSPS) is 10.7. The van der Waals surface area contributed by atoms with Crippen LogP contribution in [0, 0.1) is 55.4 Å². The van der Waals surface area contributed by atoms with Crippen LogP contribution in [-0.2, 0) is 36.2 Å². The van der Waals surface area contributed by atoms with E-state index in [9.17, 15) is 0 Å². The zero-order chi connectivity index (χ0) is 48.1. The quantitative estimate of drug-likeness (QED) is 0.105. The molecule has 0 aliphatic carbocycles. The number of hydrogen-bond acceptors (Lipinski definition) is 0. The Morgan fingerprint density at radius 3 is 0.857 bits per heavy atom. The maximum Gasteiger partial charge on any atom is -0.0204 e. The smallest absolute Gasteiger partial charge is 0.0204 e. The van der Waals surface area contributed by atoms with Gasteiger partial charge in [0.05, 0.1) is 0 Å². The average molecular weight is 1050 g/mol. The van der Waals surface area contributed by atoms with Crippen molar-refractivity contribution in [2.75, 3.05) is 0 Å². The van der Waals surface area contributed by atoms with Crippen LogP contribution in [0.4, 0.5) is 0 Å². The molecule has 4 heteroatoms. The minimum Gasteiger partial charge on any atom is -1.00 e. The van der Waals surface area contributed by atoms with Gasteiger partial charge in [0.2, 0.25) is 0 Å². The van der Waals surface area contributed by atoms with Crippen LogP contribution >= 0.6 is 0 Å². The van der Waals surface area contributed by atoms with Gasteiger partial charge in [0.15, 0.2) is 0 Å². The molecular weight excluding hydrogens is 983 g/mol. The first-order chi connectivity index (χ1) is 32.6. The Bertz CT molecular complexity index is 2920. The number of benzene rings is 8. The summed E-state index contributed by atoms with van der Waals surface area (Å²) in [6, 6.07) is 67.9. The molecule has 0 amide bonds. The van der Waals surface area contributed by atoms with E-state index in [-0.39, 0.29) is 30.2 Å². The van der Waals surface area contributed by atoms with E-state index in [2.05, 4.69) is 250 Å². The standard InChI is InChI=1S/2C32H29.C2H6Si.2ClH.Zr/c2*1-21-12-22(2)15-27(14-21)29-10-11-30(28-16-23(3)13-24(4)17-28)32-20-26(19-31(29)32)18-25-8-6-5-7-9-25;1-3-2;;;/h2*5-17,19-20H,18H2,1-4H3;1-2H3;2*1H;/q2*-1;;;;+2/p-2. The molecule has 0 bridgehead atoms. The van der Waals surface area contributed by atoms with Gasteiger partial charge in [-0.2, -0.15) is 12.1 Å². The van der Waals surface area contributed by atoms with Gasteiger partial charge in [0.25, 0.3) is 0 Å². The molecule has 0 N–H and O–H groups in total. The maximum absolute atomic E-state index is 2.40. The molecule has 0 radical (unpaired) electrons. The van der Waals surface area contributed by atoms with Crippen LogP contribution in [0.25, 0.3) is 66.1 Å². The summed E-state index contributed by atoms with van der Waals surface area (Å²) >= 11 is 1.74. The summed E-state index contributed by atoms with van der Waals surface area (Å²) in [5, 5.41) is 5.38. The number of halogens is 2. The van der Waals surface area contributed by atoms with Crippen molar-refractivity contribution in [1.82, 2.24) is 0 Å². The van der Waals surface area contributed by atoms with Crippen LogP contribution in [-0.4, -0.2) is 5.43 Å². The van der Waals surface area contributed by atoms with E-state index in [1.807, 2.05) is 0 Å². The van der Waals surface area contributed by atoms with Gasteiger partial charge >= 0.3 is 41.9 Å². The van der Waals surface area contributed by atoms with Gasteiger partial charge in [-0.3, -0.25) is 0 Å². The first-order valence-corrected chi connectivity index (χ1v) is 30.2. The summed E-state index contributed by atoms with van der Waals surface area (Å²) in [6.45, 7) is 22.1. The van der Waals surface area contributed by atoms with Gasteiger partial charge in [-0.15, -0.1) is 44.8 Å². The van der Waals surface area contributed by atoms with Gasteiger partial charge in [0.1, 0.15) is 0 Å². The molecule has 0 aromatic heterocycles. The fraction of sp³-hybridized carbons (Fsp3) is 0.182. The molecule has 0 unspecified atom stereocenters. The van der Waals surface area contributed by atoms with Crippen molar-refractivity contribution < 1.29 is 48.1 Å². The summed E-state index contributed by atoms with van der Waals surface area (Å²) < 4.78 is 0. The van der Waals surface area contributed by atoms with Gasteiger partial charge in [-0.25, -0.2) is 0 Å². The van der Waals surface area contributed by atoms with Crippen molar-refractivity contribution in [3.8, 4) is 44.5 Å². The predicted octanol–water partition coefficient (Wildman–Crippen LogP) is 12.2. The van der Waals surface area contributed by atoms with Gasteiger partial charge in [-0.05, 0) is 90.5 Å². The van der Waals surface area contributed by atoms with Crippen molar-refractivity contribution in [2.45, 2.75) is 81.3 Å². The molecular formula is C66H64Cl2SiZr-2. The molecule has 10 aromatic rings. The Labute approximate surface area is 446 Å². The molecule has 10 aromatic carbocycles. The van der Waals surface area contributed by atoms with Gasteiger partial charge < -0.3 is 24.8 Å². The largest absolute Gasteiger partial charge is 1.00 e. The molecule has 0 aliphatic rings. The third kappa shape index (κ3) is 13.5. The second-order valence-corrected chi connectivity index (χ2v) is 28.9. The van der Waals surface area contributed by atoms with Crippen LogP contribution < -0.4 is 24.8 Å². The Hall–Kier alpha value is -5.34. The minimum absolute atomic E-state index is 0. The summed E-state index contributed by atoms with van der Waals surface area (Å²) in [4.78, 5) is 0.